The second kappa shape index (κ2) is 11.2. The molecule has 1 aromatic carbocycles. The molecule has 0 saturated heterocycles. The van der Waals surface area contributed by atoms with Crippen LogP contribution in [-0.4, -0.2) is 50.9 Å². The van der Waals surface area contributed by atoms with Gasteiger partial charge in [0.1, 0.15) is 11.1 Å². The van der Waals surface area contributed by atoms with Crippen LogP contribution in [0.5, 0.6) is 0 Å². The molecular weight excluding hydrogens is 392 g/mol. The van der Waals surface area contributed by atoms with Gasteiger partial charge in [-0.1, -0.05) is 61.9 Å². The number of carboxylic acid groups (broad SMARTS) is 2. The zero-order valence-electron chi connectivity index (χ0n) is 16.1. The molecule has 0 spiro atoms. The average molecular weight is 416 g/mol. The van der Waals surface area contributed by atoms with E-state index in [0.29, 0.717) is 11.3 Å². The molecule has 1 aliphatic heterocycles. The molecule has 154 valence electrons. The number of aliphatic carboxylic acids is 2. The lowest BCUT2D eigenvalue weighted by molar-refractivity contribution is -0.141. The van der Waals surface area contributed by atoms with Gasteiger partial charge in [0.2, 0.25) is 5.91 Å². The Hall–Kier alpha value is -2.87. The van der Waals surface area contributed by atoms with Gasteiger partial charge in [-0.2, -0.15) is 0 Å². The Morgan fingerprint density at radius 3 is 2.62 bits per heavy atom. The van der Waals surface area contributed by atoms with Crippen LogP contribution in [0.1, 0.15) is 25.3 Å². The lowest BCUT2D eigenvalue weighted by Crippen LogP contribution is -2.49. The van der Waals surface area contributed by atoms with E-state index in [0.717, 1.165) is 18.4 Å². The van der Waals surface area contributed by atoms with Gasteiger partial charge in [0.25, 0.3) is 0 Å². The topological polar surface area (TPSA) is 116 Å². The van der Waals surface area contributed by atoms with Crippen molar-refractivity contribution in [3.8, 4) is 0 Å². The number of nitrogens with zero attached hydrogens (tertiary/aromatic N) is 1. The molecule has 29 heavy (non-hydrogen) atoms. The molecule has 0 aliphatic carbocycles. The number of rotatable bonds is 9. The largest absolute Gasteiger partial charge is 0.480 e. The third-order valence-corrected chi connectivity index (χ3v) is 5.33. The third kappa shape index (κ3) is 6.90. The van der Waals surface area contributed by atoms with E-state index in [-0.39, 0.29) is 12.1 Å². The summed E-state index contributed by atoms with van der Waals surface area (Å²) in [5, 5.41) is 20.6. The number of carboxylic acids is 2. The predicted molar refractivity (Wildman–Crippen MR) is 113 cm³/mol. The van der Waals surface area contributed by atoms with Crippen molar-refractivity contribution in [1.82, 2.24) is 5.32 Å². The van der Waals surface area contributed by atoms with Gasteiger partial charge in [-0.05, 0) is 17.6 Å². The summed E-state index contributed by atoms with van der Waals surface area (Å²) in [5.41, 5.74) is 1.11. The van der Waals surface area contributed by atoms with Crippen LogP contribution in [0.2, 0.25) is 0 Å². The number of aliphatic imine (C=N–C) groups is 1. The molecule has 1 heterocycles. The summed E-state index contributed by atoms with van der Waals surface area (Å²) in [6.45, 7) is 2.04. The van der Waals surface area contributed by atoms with Crippen LogP contribution in [0, 0.1) is 0 Å². The molecule has 1 amide bonds. The van der Waals surface area contributed by atoms with E-state index in [2.05, 4.69) is 10.3 Å². The Bertz CT molecular complexity index is 833. The smallest absolute Gasteiger partial charge is 0.354 e. The molecular formula is C21H24N2O5S. The van der Waals surface area contributed by atoms with Crippen molar-refractivity contribution in [2.75, 3.05) is 5.75 Å². The van der Waals surface area contributed by atoms with Crippen molar-refractivity contribution in [3.63, 3.8) is 0 Å². The van der Waals surface area contributed by atoms with Crippen molar-refractivity contribution in [3.05, 3.63) is 59.7 Å². The molecule has 0 saturated carbocycles. The molecule has 2 atom stereocenters. The number of hydrogen-bond donors (Lipinski definition) is 3. The summed E-state index contributed by atoms with van der Waals surface area (Å²) in [6.07, 6.45) is 7.31. The normalized spacial score (nSPS) is 19.0. The number of carbonyl (C=O) groups excluding carboxylic acids is 1. The molecule has 2 unspecified atom stereocenters. The Balaban J connectivity index is 2.16. The molecule has 1 aliphatic rings. The first-order valence-electron chi connectivity index (χ1n) is 9.27. The van der Waals surface area contributed by atoms with Gasteiger partial charge in [-0.15, -0.1) is 11.8 Å². The van der Waals surface area contributed by atoms with Gasteiger partial charge < -0.3 is 15.5 Å². The van der Waals surface area contributed by atoms with Crippen LogP contribution >= 0.6 is 11.8 Å². The first-order valence-corrected chi connectivity index (χ1v) is 10.3. The SMILES string of the molecule is CCC/C=C/C=C1\CSC(C(NC(=O)Cc2ccccc2)C(=O)O)N=C1C(=O)O. The summed E-state index contributed by atoms with van der Waals surface area (Å²) in [7, 11) is 0. The van der Waals surface area contributed by atoms with E-state index >= 15 is 0 Å². The number of thioether (sulfide) groups is 1. The highest BCUT2D eigenvalue weighted by molar-refractivity contribution is 8.00. The lowest BCUT2D eigenvalue weighted by atomic mass is 10.1. The average Bonchev–Trinajstić information content (AvgIpc) is 2.70. The van der Waals surface area contributed by atoms with Gasteiger partial charge in [0.05, 0.1) is 6.42 Å². The second-order valence-electron chi connectivity index (χ2n) is 6.44. The summed E-state index contributed by atoms with van der Waals surface area (Å²) in [6, 6.07) is 7.64. The van der Waals surface area contributed by atoms with Crippen molar-refractivity contribution < 1.29 is 24.6 Å². The van der Waals surface area contributed by atoms with Crippen LogP contribution in [0.3, 0.4) is 0 Å². The number of amides is 1. The molecule has 0 radical (unpaired) electrons. The van der Waals surface area contributed by atoms with E-state index in [1.54, 1.807) is 36.4 Å². The Morgan fingerprint density at radius 2 is 2.00 bits per heavy atom. The van der Waals surface area contributed by atoms with Crippen LogP contribution in [0.15, 0.2) is 59.1 Å². The molecule has 8 heteroatoms. The van der Waals surface area contributed by atoms with E-state index in [1.807, 2.05) is 19.1 Å². The van der Waals surface area contributed by atoms with Gasteiger partial charge >= 0.3 is 11.9 Å². The quantitative estimate of drug-likeness (QED) is 0.570. The molecule has 2 rings (SSSR count). The van der Waals surface area contributed by atoms with Crippen LogP contribution in [0.4, 0.5) is 0 Å². The highest BCUT2D eigenvalue weighted by Gasteiger charge is 2.34. The minimum atomic E-state index is -1.32. The Morgan fingerprint density at radius 1 is 1.28 bits per heavy atom. The zero-order chi connectivity index (χ0) is 21.2. The Labute approximate surface area is 173 Å². The maximum absolute atomic E-state index is 12.3. The zero-order valence-corrected chi connectivity index (χ0v) is 16.9. The molecule has 7 nitrogen and oxygen atoms in total. The number of hydrogen-bond acceptors (Lipinski definition) is 5. The fourth-order valence-corrected chi connectivity index (χ4v) is 3.83. The number of benzene rings is 1. The highest BCUT2D eigenvalue weighted by Crippen LogP contribution is 2.27. The van der Waals surface area contributed by atoms with Crippen LogP contribution < -0.4 is 5.32 Å². The summed E-state index contributed by atoms with van der Waals surface area (Å²) >= 11 is 1.19. The number of allylic oxidation sites excluding steroid dienone is 3. The van der Waals surface area contributed by atoms with E-state index < -0.39 is 29.3 Å². The molecule has 1 aromatic rings. The van der Waals surface area contributed by atoms with Gasteiger partial charge in [0.15, 0.2) is 6.04 Å². The Kier molecular flexibility index (Phi) is 8.67. The summed E-state index contributed by atoms with van der Waals surface area (Å²) in [4.78, 5) is 39.7. The first kappa shape index (κ1) is 22.4. The van der Waals surface area contributed by atoms with E-state index in [9.17, 15) is 24.6 Å². The van der Waals surface area contributed by atoms with Crippen molar-refractivity contribution in [2.24, 2.45) is 4.99 Å². The minimum Gasteiger partial charge on any atom is -0.480 e. The second-order valence-corrected chi connectivity index (χ2v) is 7.54. The van der Waals surface area contributed by atoms with Crippen LogP contribution in [0.25, 0.3) is 0 Å². The summed E-state index contributed by atoms with van der Waals surface area (Å²) in [5.74, 6) is -2.64. The third-order valence-electron chi connectivity index (χ3n) is 4.14. The number of unbranched alkanes of at least 4 members (excludes halogenated alkanes) is 1. The standard InChI is InChI=1S/C21H24N2O5S/c1-2-3-4-8-11-15-13-29-19(23-17(15)20(25)26)18(21(27)28)22-16(24)12-14-9-6-5-7-10-14/h4-11,18-19H,2-3,12-13H2,1H3,(H,22,24)(H,25,26)(H,27,28)/b8-4+,15-11+. The van der Waals surface area contributed by atoms with Crippen molar-refractivity contribution >= 4 is 35.3 Å². The van der Waals surface area contributed by atoms with E-state index in [4.69, 9.17) is 0 Å². The van der Waals surface area contributed by atoms with Gasteiger partial charge in [0, 0.05) is 5.75 Å². The maximum atomic E-state index is 12.3. The van der Waals surface area contributed by atoms with Crippen LogP contribution in [-0.2, 0) is 20.8 Å². The minimum absolute atomic E-state index is 0.0326. The monoisotopic (exact) mass is 416 g/mol. The predicted octanol–water partition coefficient (Wildman–Crippen LogP) is 2.68. The molecule has 0 fully saturated rings. The fourth-order valence-electron chi connectivity index (χ4n) is 2.69. The lowest BCUT2D eigenvalue weighted by Gasteiger charge is -2.26. The van der Waals surface area contributed by atoms with Gasteiger partial charge in [-0.3, -0.25) is 9.79 Å². The van der Waals surface area contributed by atoms with Gasteiger partial charge in [-0.25, -0.2) is 9.59 Å². The molecule has 0 bridgehead atoms. The molecule has 0 aromatic heterocycles. The van der Waals surface area contributed by atoms with Crippen molar-refractivity contribution in [1.29, 1.82) is 0 Å². The van der Waals surface area contributed by atoms with Crippen molar-refractivity contribution in [2.45, 2.75) is 37.6 Å². The maximum Gasteiger partial charge on any atom is 0.354 e. The van der Waals surface area contributed by atoms with E-state index in [1.165, 1.54) is 11.8 Å². The fraction of sp³-hybridized carbons (Fsp3) is 0.333. The first-order chi connectivity index (χ1) is 13.9. The highest BCUT2D eigenvalue weighted by atomic mass is 32.2. The summed E-state index contributed by atoms with van der Waals surface area (Å²) < 4.78 is 0. The molecule has 3 N–H and O–H groups in total. The number of carbonyl (C=O) groups is 3. The number of nitrogens with one attached hydrogen (secondary N) is 1.